The minimum absolute atomic E-state index is 0.208. The van der Waals surface area contributed by atoms with Crippen LogP contribution in [0, 0.1) is 5.82 Å². The lowest BCUT2D eigenvalue weighted by Gasteiger charge is -2.19. The first-order chi connectivity index (χ1) is 10.2. The zero-order valence-electron chi connectivity index (χ0n) is 12.3. The molecule has 112 valence electrons. The largest absolute Gasteiger partial charge is 0.494 e. The van der Waals surface area contributed by atoms with Crippen molar-refractivity contribution < 1.29 is 13.9 Å². The van der Waals surface area contributed by atoms with Crippen LogP contribution >= 0.6 is 0 Å². The number of ether oxygens (including phenoxy) is 2. The van der Waals surface area contributed by atoms with Crippen LogP contribution in [0.2, 0.25) is 0 Å². The van der Waals surface area contributed by atoms with Crippen LogP contribution in [0.1, 0.15) is 24.2 Å². The minimum atomic E-state index is -0.416. The van der Waals surface area contributed by atoms with E-state index in [1.54, 1.807) is 24.5 Å². The van der Waals surface area contributed by atoms with Crippen molar-refractivity contribution in [2.45, 2.75) is 13.0 Å². The molecule has 0 aliphatic carbocycles. The molecular formula is C15H18FN3O2. The number of nitrogens with zero attached hydrogens (tertiary/aromatic N) is 2. The number of methoxy groups -OCH3 is 2. The summed E-state index contributed by atoms with van der Waals surface area (Å²) in [4.78, 5) is 8.45. The fraction of sp³-hybridized carbons (Fsp3) is 0.333. The van der Waals surface area contributed by atoms with Crippen molar-refractivity contribution in [3.8, 4) is 11.6 Å². The van der Waals surface area contributed by atoms with Crippen molar-refractivity contribution >= 4 is 0 Å². The van der Waals surface area contributed by atoms with Crippen LogP contribution < -0.4 is 14.8 Å². The van der Waals surface area contributed by atoms with Crippen LogP contribution in [0.15, 0.2) is 30.6 Å². The summed E-state index contributed by atoms with van der Waals surface area (Å²) in [6, 6.07) is 4.51. The van der Waals surface area contributed by atoms with Crippen molar-refractivity contribution in [3.63, 3.8) is 0 Å². The standard InChI is InChI=1S/C15H18FN3O2/c1-4-17-13(14-15(21-3)19-8-7-18-14)10-5-6-12(20-2)11(16)9-10/h5-9,13,17H,4H2,1-3H3. The second-order valence-electron chi connectivity index (χ2n) is 4.34. The first kappa shape index (κ1) is 15.2. The van der Waals surface area contributed by atoms with Gasteiger partial charge in [-0.2, -0.15) is 0 Å². The molecule has 5 nitrogen and oxygen atoms in total. The molecule has 1 heterocycles. The van der Waals surface area contributed by atoms with E-state index in [9.17, 15) is 4.39 Å². The van der Waals surface area contributed by atoms with Gasteiger partial charge in [-0.05, 0) is 24.2 Å². The van der Waals surface area contributed by atoms with E-state index in [0.29, 0.717) is 18.1 Å². The first-order valence-electron chi connectivity index (χ1n) is 6.63. The Bertz CT molecular complexity index is 607. The lowest BCUT2D eigenvalue weighted by Crippen LogP contribution is -2.24. The van der Waals surface area contributed by atoms with Gasteiger partial charge in [-0.1, -0.05) is 13.0 Å². The van der Waals surface area contributed by atoms with E-state index >= 15 is 0 Å². The van der Waals surface area contributed by atoms with Gasteiger partial charge in [0, 0.05) is 12.4 Å². The van der Waals surface area contributed by atoms with Crippen LogP contribution in [0.4, 0.5) is 4.39 Å². The van der Waals surface area contributed by atoms with Crippen LogP contribution in [-0.4, -0.2) is 30.7 Å². The van der Waals surface area contributed by atoms with E-state index in [-0.39, 0.29) is 11.8 Å². The maximum Gasteiger partial charge on any atom is 0.237 e. The number of hydrogen-bond acceptors (Lipinski definition) is 5. The average molecular weight is 291 g/mol. The summed E-state index contributed by atoms with van der Waals surface area (Å²) >= 11 is 0. The highest BCUT2D eigenvalue weighted by atomic mass is 19.1. The third kappa shape index (κ3) is 3.28. The summed E-state index contributed by atoms with van der Waals surface area (Å²) in [7, 11) is 2.97. The zero-order valence-corrected chi connectivity index (χ0v) is 12.3. The molecule has 0 spiro atoms. The zero-order chi connectivity index (χ0) is 15.2. The topological polar surface area (TPSA) is 56.3 Å². The van der Waals surface area contributed by atoms with Crippen molar-refractivity contribution in [3.05, 3.63) is 47.7 Å². The Balaban J connectivity index is 2.45. The summed E-state index contributed by atoms with van der Waals surface area (Å²) in [5, 5.41) is 3.26. The van der Waals surface area contributed by atoms with Crippen LogP contribution in [0.25, 0.3) is 0 Å². The minimum Gasteiger partial charge on any atom is -0.494 e. The molecule has 0 aliphatic rings. The third-order valence-electron chi connectivity index (χ3n) is 3.08. The van der Waals surface area contributed by atoms with Crippen molar-refractivity contribution in [1.29, 1.82) is 0 Å². The van der Waals surface area contributed by atoms with Gasteiger partial charge in [0.25, 0.3) is 0 Å². The number of halogens is 1. The number of aromatic nitrogens is 2. The normalized spacial score (nSPS) is 12.0. The molecule has 1 aromatic heterocycles. The molecule has 0 saturated heterocycles. The number of benzene rings is 1. The van der Waals surface area contributed by atoms with Gasteiger partial charge >= 0.3 is 0 Å². The Kier molecular flexibility index (Phi) is 5.05. The molecule has 21 heavy (non-hydrogen) atoms. The van der Waals surface area contributed by atoms with E-state index in [1.807, 2.05) is 6.92 Å². The van der Waals surface area contributed by atoms with Gasteiger partial charge in [0.1, 0.15) is 5.69 Å². The summed E-state index contributed by atoms with van der Waals surface area (Å²) < 4.78 is 24.1. The summed E-state index contributed by atoms with van der Waals surface area (Å²) in [6.07, 6.45) is 3.14. The van der Waals surface area contributed by atoms with Gasteiger partial charge < -0.3 is 14.8 Å². The van der Waals surface area contributed by atoms with E-state index in [2.05, 4.69) is 15.3 Å². The molecule has 0 radical (unpaired) electrons. The van der Waals surface area contributed by atoms with Crippen molar-refractivity contribution in [2.75, 3.05) is 20.8 Å². The van der Waals surface area contributed by atoms with E-state index in [4.69, 9.17) is 9.47 Å². The highest BCUT2D eigenvalue weighted by Crippen LogP contribution is 2.29. The Morgan fingerprint density at radius 1 is 1.19 bits per heavy atom. The van der Waals surface area contributed by atoms with Crippen LogP contribution in [0.3, 0.4) is 0 Å². The summed E-state index contributed by atoms with van der Waals surface area (Å²) in [6.45, 7) is 2.66. The summed E-state index contributed by atoms with van der Waals surface area (Å²) in [5.41, 5.74) is 1.35. The van der Waals surface area contributed by atoms with Crippen molar-refractivity contribution in [2.24, 2.45) is 0 Å². The maximum absolute atomic E-state index is 13.9. The molecule has 1 unspecified atom stereocenters. The van der Waals surface area contributed by atoms with Crippen LogP contribution in [0.5, 0.6) is 11.6 Å². The van der Waals surface area contributed by atoms with Crippen LogP contribution in [-0.2, 0) is 0 Å². The summed E-state index contributed by atoms with van der Waals surface area (Å²) in [5.74, 6) is 0.209. The Labute approximate surface area is 123 Å². The van der Waals surface area contributed by atoms with E-state index in [0.717, 1.165) is 5.56 Å². The molecule has 1 N–H and O–H groups in total. The van der Waals surface area contributed by atoms with E-state index < -0.39 is 5.82 Å². The SMILES string of the molecule is CCNC(c1ccc(OC)c(F)c1)c1nccnc1OC. The molecule has 0 fully saturated rings. The Hall–Kier alpha value is -2.21. The Morgan fingerprint density at radius 2 is 1.95 bits per heavy atom. The molecule has 1 atom stereocenters. The van der Waals surface area contributed by atoms with Gasteiger partial charge in [-0.25, -0.2) is 9.37 Å². The predicted octanol–water partition coefficient (Wildman–Crippen LogP) is 2.33. The fourth-order valence-electron chi connectivity index (χ4n) is 2.13. The molecule has 2 rings (SSSR count). The first-order valence-corrected chi connectivity index (χ1v) is 6.63. The highest BCUT2D eigenvalue weighted by molar-refractivity contribution is 5.37. The second-order valence-corrected chi connectivity index (χ2v) is 4.34. The van der Waals surface area contributed by atoms with E-state index in [1.165, 1.54) is 20.3 Å². The van der Waals surface area contributed by atoms with Gasteiger partial charge in [0.2, 0.25) is 5.88 Å². The molecule has 6 heteroatoms. The van der Waals surface area contributed by atoms with Gasteiger partial charge in [-0.3, -0.25) is 4.98 Å². The number of rotatable bonds is 6. The highest BCUT2D eigenvalue weighted by Gasteiger charge is 2.21. The monoisotopic (exact) mass is 291 g/mol. The van der Waals surface area contributed by atoms with Gasteiger partial charge in [0.15, 0.2) is 11.6 Å². The molecular weight excluding hydrogens is 273 g/mol. The second kappa shape index (κ2) is 6.99. The maximum atomic E-state index is 13.9. The van der Waals surface area contributed by atoms with Gasteiger partial charge in [-0.15, -0.1) is 0 Å². The molecule has 1 aromatic carbocycles. The third-order valence-corrected chi connectivity index (χ3v) is 3.08. The average Bonchev–Trinajstić information content (AvgIpc) is 2.52. The smallest absolute Gasteiger partial charge is 0.237 e. The lowest BCUT2D eigenvalue weighted by atomic mass is 10.0. The quantitative estimate of drug-likeness (QED) is 0.885. The lowest BCUT2D eigenvalue weighted by molar-refractivity contribution is 0.380. The molecule has 2 aromatic rings. The fourth-order valence-corrected chi connectivity index (χ4v) is 2.13. The Morgan fingerprint density at radius 3 is 2.57 bits per heavy atom. The predicted molar refractivity (Wildman–Crippen MR) is 77.1 cm³/mol. The molecule has 0 bridgehead atoms. The number of nitrogens with one attached hydrogen (secondary N) is 1. The van der Waals surface area contributed by atoms with Gasteiger partial charge in [0.05, 0.1) is 20.3 Å². The molecule has 0 saturated carbocycles. The molecule has 0 amide bonds. The molecule has 0 aliphatic heterocycles. The van der Waals surface area contributed by atoms with Crippen molar-refractivity contribution in [1.82, 2.24) is 15.3 Å². The number of hydrogen-bond donors (Lipinski definition) is 1.